The Morgan fingerprint density at radius 2 is 1.81 bits per heavy atom. The Morgan fingerprint density at radius 3 is 2.25 bits per heavy atom. The second-order valence-electron chi connectivity index (χ2n) is 6.48. The Morgan fingerprint density at radius 1 is 1.25 bits per heavy atom. The van der Waals surface area contributed by atoms with Crippen LogP contribution in [0.3, 0.4) is 0 Å². The van der Waals surface area contributed by atoms with Crippen LogP contribution in [0.25, 0.3) is 0 Å². The summed E-state index contributed by atoms with van der Waals surface area (Å²) >= 11 is 0. The van der Waals surface area contributed by atoms with E-state index in [2.05, 4.69) is 33.9 Å². The third-order valence-corrected chi connectivity index (χ3v) is 8.60. The summed E-state index contributed by atoms with van der Waals surface area (Å²) in [4.78, 5) is 0. The van der Waals surface area contributed by atoms with Gasteiger partial charge in [-0.2, -0.15) is 0 Å². The van der Waals surface area contributed by atoms with Gasteiger partial charge in [0, 0.05) is 12.5 Å². The van der Waals surface area contributed by atoms with Crippen molar-refractivity contribution in [1.82, 2.24) is 0 Å². The Hall–Kier alpha value is 0.0969. The van der Waals surface area contributed by atoms with Gasteiger partial charge in [0.1, 0.15) is 0 Å². The topological polar surface area (TPSA) is 49.7 Å². The average molecular weight is 246 g/mol. The molecule has 0 amide bonds. The quantitative estimate of drug-likeness (QED) is 0.750. The standard InChI is InChI=1S/C12H26O3Si/c1-12(2,3)16(4,5)15-11-7-10(14)6-9(11)8-13/h9-11,13-14H,6-8H2,1-5H3/t9-,10-,11+/m1/s1. The number of aliphatic hydroxyl groups excluding tert-OH is 2. The highest BCUT2D eigenvalue weighted by atomic mass is 28.4. The SMILES string of the molecule is CC(C)(C)[Si](C)(C)O[C@H]1C[C@H](O)C[C@@H]1CO. The largest absolute Gasteiger partial charge is 0.413 e. The molecule has 0 unspecified atom stereocenters. The fraction of sp³-hybridized carbons (Fsp3) is 1.00. The maximum Gasteiger partial charge on any atom is 0.192 e. The van der Waals surface area contributed by atoms with E-state index in [1.807, 2.05) is 0 Å². The molecule has 1 aliphatic carbocycles. The molecular weight excluding hydrogens is 220 g/mol. The molecule has 1 rings (SSSR count). The predicted octanol–water partition coefficient (Wildman–Crippen LogP) is 2.14. The summed E-state index contributed by atoms with van der Waals surface area (Å²) in [5, 5.41) is 19.1. The molecule has 0 aromatic rings. The molecule has 0 radical (unpaired) electrons. The first kappa shape index (κ1) is 14.2. The second kappa shape index (κ2) is 4.76. The van der Waals surface area contributed by atoms with Crippen LogP contribution in [-0.4, -0.2) is 37.3 Å². The number of hydrogen-bond acceptors (Lipinski definition) is 3. The van der Waals surface area contributed by atoms with Crippen LogP contribution in [0.5, 0.6) is 0 Å². The first-order valence-electron chi connectivity index (χ1n) is 6.14. The summed E-state index contributed by atoms with van der Waals surface area (Å²) in [6, 6.07) is 0. The molecule has 16 heavy (non-hydrogen) atoms. The highest BCUT2D eigenvalue weighted by Crippen LogP contribution is 2.40. The zero-order valence-corrected chi connectivity index (χ0v) is 12.2. The van der Waals surface area contributed by atoms with Gasteiger partial charge in [-0.3, -0.25) is 0 Å². The summed E-state index contributed by atoms with van der Waals surface area (Å²) in [5.74, 6) is 0.115. The monoisotopic (exact) mass is 246 g/mol. The van der Waals surface area contributed by atoms with E-state index in [4.69, 9.17) is 4.43 Å². The Labute approximate surface area is 100.0 Å². The third kappa shape index (κ3) is 3.06. The molecule has 1 aliphatic rings. The van der Waals surface area contributed by atoms with Crippen molar-refractivity contribution in [2.24, 2.45) is 5.92 Å². The Bertz CT molecular complexity index is 235. The smallest absolute Gasteiger partial charge is 0.192 e. The molecule has 3 atom stereocenters. The van der Waals surface area contributed by atoms with Crippen molar-refractivity contribution < 1.29 is 14.6 Å². The van der Waals surface area contributed by atoms with Crippen molar-refractivity contribution in [3.8, 4) is 0 Å². The molecule has 0 bridgehead atoms. The van der Waals surface area contributed by atoms with Gasteiger partial charge in [0.05, 0.1) is 12.2 Å². The lowest BCUT2D eigenvalue weighted by Crippen LogP contribution is -2.45. The molecule has 1 saturated carbocycles. The van der Waals surface area contributed by atoms with Crippen LogP contribution in [0, 0.1) is 5.92 Å². The van der Waals surface area contributed by atoms with Crippen LogP contribution < -0.4 is 0 Å². The highest BCUT2D eigenvalue weighted by molar-refractivity contribution is 6.74. The van der Waals surface area contributed by atoms with Crippen LogP contribution >= 0.6 is 0 Å². The molecule has 2 N–H and O–H groups in total. The first-order valence-corrected chi connectivity index (χ1v) is 9.05. The number of rotatable bonds is 3. The summed E-state index contributed by atoms with van der Waals surface area (Å²) in [5.41, 5.74) is 0. The maximum absolute atomic E-state index is 9.63. The second-order valence-corrected chi connectivity index (χ2v) is 11.2. The van der Waals surface area contributed by atoms with E-state index < -0.39 is 8.32 Å². The van der Waals surface area contributed by atoms with Gasteiger partial charge in [-0.25, -0.2) is 0 Å². The van der Waals surface area contributed by atoms with E-state index in [9.17, 15) is 10.2 Å². The van der Waals surface area contributed by atoms with Gasteiger partial charge in [-0.05, 0) is 31.0 Å². The lowest BCUT2D eigenvalue weighted by atomic mass is 10.1. The minimum absolute atomic E-state index is 0.0425. The lowest BCUT2D eigenvalue weighted by molar-refractivity contribution is 0.0967. The van der Waals surface area contributed by atoms with Crippen LogP contribution in [0.15, 0.2) is 0 Å². The Kier molecular flexibility index (Phi) is 4.22. The van der Waals surface area contributed by atoms with Gasteiger partial charge >= 0.3 is 0 Å². The van der Waals surface area contributed by atoms with E-state index in [1.165, 1.54) is 0 Å². The first-order chi connectivity index (χ1) is 7.17. The van der Waals surface area contributed by atoms with Crippen LogP contribution in [0.1, 0.15) is 33.6 Å². The summed E-state index contributed by atoms with van der Waals surface area (Å²) < 4.78 is 6.26. The van der Waals surface area contributed by atoms with Crippen molar-refractivity contribution in [2.75, 3.05) is 6.61 Å². The third-order valence-electron chi connectivity index (χ3n) is 4.09. The molecule has 0 spiro atoms. The average Bonchev–Trinajstić information content (AvgIpc) is 2.43. The van der Waals surface area contributed by atoms with E-state index in [1.54, 1.807) is 0 Å². The molecule has 0 aromatic carbocycles. The van der Waals surface area contributed by atoms with Crippen LogP contribution in [-0.2, 0) is 4.43 Å². The molecule has 1 fully saturated rings. The maximum atomic E-state index is 9.63. The molecule has 3 nitrogen and oxygen atoms in total. The zero-order chi connectivity index (χ0) is 12.6. The van der Waals surface area contributed by atoms with Crippen molar-refractivity contribution in [3.05, 3.63) is 0 Å². The molecule has 96 valence electrons. The zero-order valence-electron chi connectivity index (χ0n) is 11.2. The summed E-state index contributed by atoms with van der Waals surface area (Å²) in [6.07, 6.45) is 1.10. The van der Waals surface area contributed by atoms with Gasteiger partial charge in [-0.15, -0.1) is 0 Å². The summed E-state index contributed by atoms with van der Waals surface area (Å²) in [7, 11) is -1.78. The van der Waals surface area contributed by atoms with Crippen molar-refractivity contribution in [1.29, 1.82) is 0 Å². The fourth-order valence-electron chi connectivity index (χ4n) is 1.95. The molecule has 0 aromatic heterocycles. The fourth-order valence-corrected chi connectivity index (χ4v) is 3.35. The van der Waals surface area contributed by atoms with Crippen molar-refractivity contribution in [2.45, 2.75) is 64.0 Å². The molecule has 0 heterocycles. The molecule has 0 saturated heterocycles. The van der Waals surface area contributed by atoms with E-state index in [0.29, 0.717) is 12.8 Å². The molecular formula is C12H26O3Si. The van der Waals surface area contributed by atoms with Crippen LogP contribution in [0.4, 0.5) is 0 Å². The minimum atomic E-state index is -1.78. The van der Waals surface area contributed by atoms with Crippen molar-refractivity contribution >= 4 is 8.32 Å². The normalized spacial score (nSPS) is 32.1. The minimum Gasteiger partial charge on any atom is -0.413 e. The van der Waals surface area contributed by atoms with Gasteiger partial charge in [0.25, 0.3) is 0 Å². The predicted molar refractivity (Wildman–Crippen MR) is 67.9 cm³/mol. The Balaban J connectivity index is 2.66. The lowest BCUT2D eigenvalue weighted by Gasteiger charge is -2.39. The number of aliphatic hydroxyl groups is 2. The van der Waals surface area contributed by atoms with Gasteiger partial charge < -0.3 is 14.6 Å². The van der Waals surface area contributed by atoms with E-state index in [-0.39, 0.29) is 29.8 Å². The van der Waals surface area contributed by atoms with Gasteiger partial charge in [-0.1, -0.05) is 20.8 Å². The van der Waals surface area contributed by atoms with E-state index in [0.717, 1.165) is 0 Å². The van der Waals surface area contributed by atoms with E-state index >= 15 is 0 Å². The van der Waals surface area contributed by atoms with Crippen molar-refractivity contribution in [3.63, 3.8) is 0 Å². The number of hydrogen-bond donors (Lipinski definition) is 2. The molecule has 4 heteroatoms. The van der Waals surface area contributed by atoms with Crippen LogP contribution in [0.2, 0.25) is 18.1 Å². The summed E-state index contributed by atoms with van der Waals surface area (Å²) in [6.45, 7) is 11.2. The van der Waals surface area contributed by atoms with Gasteiger partial charge in [0.15, 0.2) is 8.32 Å². The highest BCUT2D eigenvalue weighted by Gasteiger charge is 2.43. The van der Waals surface area contributed by atoms with Gasteiger partial charge in [0.2, 0.25) is 0 Å². The molecule has 0 aliphatic heterocycles.